The van der Waals surface area contributed by atoms with E-state index in [-0.39, 0.29) is 57.3 Å². The minimum Gasteiger partial charge on any atom is -0.461 e. The zero-order valence-corrected chi connectivity index (χ0v) is 27.0. The number of esters is 1. The number of aliphatic hydroxyl groups is 3. The summed E-state index contributed by atoms with van der Waals surface area (Å²) in [5, 5.41) is 30.8. The van der Waals surface area contributed by atoms with Crippen LogP contribution in [0.5, 0.6) is 0 Å². The van der Waals surface area contributed by atoms with Gasteiger partial charge in [-0.3, -0.25) is 4.79 Å². The summed E-state index contributed by atoms with van der Waals surface area (Å²) in [4.78, 5) is 13.5. The lowest BCUT2D eigenvalue weighted by atomic mass is 9.31. The van der Waals surface area contributed by atoms with E-state index >= 15 is 0 Å². The molecule has 0 unspecified atom stereocenters. The van der Waals surface area contributed by atoms with Crippen LogP contribution < -0.4 is 0 Å². The van der Waals surface area contributed by atoms with E-state index in [0.717, 1.165) is 44.9 Å². The van der Waals surface area contributed by atoms with Crippen molar-refractivity contribution in [1.82, 2.24) is 0 Å². The van der Waals surface area contributed by atoms with Crippen LogP contribution in [-0.4, -0.2) is 64.7 Å². The van der Waals surface area contributed by atoms with Crippen LogP contribution >= 0.6 is 0 Å². The molecule has 7 aliphatic rings. The van der Waals surface area contributed by atoms with Crippen molar-refractivity contribution in [2.75, 3.05) is 6.61 Å². The molecule has 7 fully saturated rings. The molecule has 0 amide bonds. The molecule has 2 heterocycles. The van der Waals surface area contributed by atoms with Gasteiger partial charge < -0.3 is 29.5 Å². The van der Waals surface area contributed by atoms with Crippen LogP contribution in [0.1, 0.15) is 113 Å². The SMILES string of the molecule is CC1(C)CC[C@]23CC[C@]4(C)[C@H](CC[C@@H]5[C@@]6(C)CC[C@H](O[C@H]7OC[C@H](O)[C@H](O)[C@H]7O)C(C)(C)[C@@H]6CC[C@]54C)[C@H]2[C@@H]1OC3=O. The average Bonchev–Trinajstić information content (AvgIpc) is 3.17. The number of carbonyl (C=O) groups is 1. The van der Waals surface area contributed by atoms with Crippen LogP contribution in [0.25, 0.3) is 0 Å². The highest BCUT2D eigenvalue weighted by molar-refractivity contribution is 5.81. The van der Waals surface area contributed by atoms with Gasteiger partial charge in [0.15, 0.2) is 6.29 Å². The third-order valence-corrected chi connectivity index (χ3v) is 15.7. The van der Waals surface area contributed by atoms with E-state index in [1.54, 1.807) is 0 Å². The van der Waals surface area contributed by atoms with Crippen molar-refractivity contribution in [2.24, 2.45) is 56.2 Å². The molecule has 238 valence electrons. The number of ether oxygens (including phenoxy) is 3. The Bertz CT molecular complexity index is 1120. The van der Waals surface area contributed by atoms with E-state index in [4.69, 9.17) is 14.2 Å². The van der Waals surface area contributed by atoms with Crippen molar-refractivity contribution >= 4 is 5.97 Å². The summed E-state index contributed by atoms with van der Waals surface area (Å²) in [7, 11) is 0. The lowest BCUT2D eigenvalue weighted by Crippen LogP contribution is -2.68. The lowest BCUT2D eigenvalue weighted by molar-refractivity contribution is -0.312. The summed E-state index contributed by atoms with van der Waals surface area (Å²) in [5.41, 5.74) is 0.247. The molecule has 14 atom stereocenters. The smallest absolute Gasteiger partial charge is 0.312 e. The van der Waals surface area contributed by atoms with Crippen LogP contribution in [-0.2, 0) is 19.0 Å². The van der Waals surface area contributed by atoms with Gasteiger partial charge in [-0.2, -0.15) is 0 Å². The maximum atomic E-state index is 13.5. The Morgan fingerprint density at radius 1 is 0.762 bits per heavy atom. The summed E-state index contributed by atoms with van der Waals surface area (Å²) in [5.74, 6) is 2.08. The molecular weight excluding hydrogens is 532 g/mol. The molecule has 0 radical (unpaired) electrons. The minimum atomic E-state index is -1.26. The van der Waals surface area contributed by atoms with Crippen LogP contribution in [0.4, 0.5) is 0 Å². The van der Waals surface area contributed by atoms with Gasteiger partial charge in [0.2, 0.25) is 0 Å². The molecule has 2 saturated heterocycles. The van der Waals surface area contributed by atoms with E-state index < -0.39 is 24.6 Å². The standard InChI is InChI=1S/C35H56O7/c1-30(2)14-16-35-17-15-33(6)19(24(35)27(30)42-29(35)39)8-9-22-32(5)12-11-23(31(3,4)21(32)10-13-34(22,33)7)41-28-26(38)25(37)20(36)18-40-28/h19-28,36-38H,8-18H2,1-7H3/t19-,20+,21+,22-,23+,24+,25+,26-,27+,28-,32+,33-,34-,35+/m1/s1. The summed E-state index contributed by atoms with van der Waals surface area (Å²) < 4.78 is 18.5. The largest absolute Gasteiger partial charge is 0.461 e. The molecule has 2 aliphatic heterocycles. The predicted molar refractivity (Wildman–Crippen MR) is 157 cm³/mol. The van der Waals surface area contributed by atoms with Gasteiger partial charge in [-0.1, -0.05) is 48.5 Å². The highest BCUT2D eigenvalue weighted by atomic mass is 16.7. The fourth-order valence-electron chi connectivity index (χ4n) is 13.1. The average molecular weight is 589 g/mol. The van der Waals surface area contributed by atoms with Gasteiger partial charge in [0, 0.05) is 11.3 Å². The molecule has 7 rings (SSSR count). The van der Waals surface area contributed by atoms with Crippen LogP contribution in [0.3, 0.4) is 0 Å². The third-order valence-electron chi connectivity index (χ3n) is 15.7. The highest BCUT2D eigenvalue weighted by Crippen LogP contribution is 2.78. The number of carbonyl (C=O) groups excluding carboxylic acids is 1. The summed E-state index contributed by atoms with van der Waals surface area (Å²) in [6.07, 6.45) is 6.35. The first-order chi connectivity index (χ1) is 19.5. The molecule has 0 aromatic rings. The van der Waals surface area contributed by atoms with E-state index in [1.807, 2.05) is 0 Å². The topological polar surface area (TPSA) is 105 Å². The Labute approximate surface area is 252 Å². The Kier molecular flexibility index (Phi) is 6.54. The lowest BCUT2D eigenvalue weighted by Gasteiger charge is -2.73. The molecule has 0 spiro atoms. The van der Waals surface area contributed by atoms with Crippen LogP contribution in [0.2, 0.25) is 0 Å². The fourth-order valence-corrected chi connectivity index (χ4v) is 13.1. The number of hydrogen-bond donors (Lipinski definition) is 3. The molecule has 5 saturated carbocycles. The Morgan fingerprint density at radius 2 is 1.48 bits per heavy atom. The maximum absolute atomic E-state index is 13.5. The zero-order valence-electron chi connectivity index (χ0n) is 27.0. The van der Waals surface area contributed by atoms with Gasteiger partial charge in [0.25, 0.3) is 0 Å². The van der Waals surface area contributed by atoms with E-state index in [0.29, 0.717) is 23.7 Å². The zero-order chi connectivity index (χ0) is 30.3. The van der Waals surface area contributed by atoms with Gasteiger partial charge in [-0.15, -0.1) is 0 Å². The van der Waals surface area contributed by atoms with Crippen molar-refractivity contribution < 1.29 is 34.3 Å². The molecule has 3 N–H and O–H groups in total. The molecule has 7 nitrogen and oxygen atoms in total. The first kappa shape index (κ1) is 30.0. The van der Waals surface area contributed by atoms with E-state index in [2.05, 4.69) is 48.5 Å². The monoisotopic (exact) mass is 588 g/mol. The van der Waals surface area contributed by atoms with Gasteiger partial charge in [-0.25, -0.2) is 0 Å². The molecular formula is C35H56O7. The van der Waals surface area contributed by atoms with Crippen molar-refractivity contribution in [3.63, 3.8) is 0 Å². The van der Waals surface area contributed by atoms with Gasteiger partial charge in [0.1, 0.15) is 24.4 Å². The quantitative estimate of drug-likeness (QED) is 0.300. The number of aliphatic hydroxyl groups excluding tert-OH is 3. The number of hydrogen-bond acceptors (Lipinski definition) is 7. The molecule has 7 heteroatoms. The molecule has 0 aromatic heterocycles. The van der Waals surface area contributed by atoms with E-state index in [1.165, 1.54) is 19.3 Å². The first-order valence-corrected chi connectivity index (χ1v) is 17.1. The molecule has 5 aliphatic carbocycles. The second kappa shape index (κ2) is 9.18. The predicted octanol–water partition coefficient (Wildman–Crippen LogP) is 5.23. The van der Waals surface area contributed by atoms with Crippen molar-refractivity contribution in [3.8, 4) is 0 Å². The van der Waals surface area contributed by atoms with Gasteiger partial charge in [-0.05, 0) is 104 Å². The van der Waals surface area contributed by atoms with Crippen molar-refractivity contribution in [3.05, 3.63) is 0 Å². The highest BCUT2D eigenvalue weighted by Gasteiger charge is 2.75. The minimum absolute atomic E-state index is 0.0334. The van der Waals surface area contributed by atoms with Crippen LogP contribution in [0, 0.1) is 56.2 Å². The fraction of sp³-hybridized carbons (Fsp3) is 0.971. The first-order valence-electron chi connectivity index (χ1n) is 17.1. The Balaban J connectivity index is 1.16. The van der Waals surface area contributed by atoms with E-state index in [9.17, 15) is 20.1 Å². The summed E-state index contributed by atoms with van der Waals surface area (Å²) in [6, 6.07) is 0. The summed E-state index contributed by atoms with van der Waals surface area (Å²) in [6.45, 7) is 17.1. The van der Waals surface area contributed by atoms with Crippen molar-refractivity contribution in [2.45, 2.75) is 149 Å². The summed E-state index contributed by atoms with van der Waals surface area (Å²) >= 11 is 0. The molecule has 42 heavy (non-hydrogen) atoms. The Morgan fingerprint density at radius 3 is 2.21 bits per heavy atom. The van der Waals surface area contributed by atoms with Gasteiger partial charge >= 0.3 is 5.97 Å². The second-order valence-corrected chi connectivity index (χ2v) is 17.9. The Hall–Kier alpha value is -0.730. The molecule has 0 aromatic carbocycles. The van der Waals surface area contributed by atoms with Gasteiger partial charge in [0.05, 0.1) is 18.1 Å². The number of rotatable bonds is 2. The normalized spacial score (nSPS) is 57.7. The second-order valence-electron chi connectivity index (χ2n) is 17.9. The van der Waals surface area contributed by atoms with Crippen molar-refractivity contribution in [1.29, 1.82) is 0 Å². The number of fused-ring (bicyclic) bond motifs is 5. The molecule has 2 bridgehead atoms. The maximum Gasteiger partial charge on any atom is 0.312 e. The van der Waals surface area contributed by atoms with Crippen LogP contribution in [0.15, 0.2) is 0 Å². The third kappa shape index (κ3) is 3.61.